The second-order valence-electron chi connectivity index (χ2n) is 5.50. The van der Waals surface area contributed by atoms with Gasteiger partial charge in [0, 0.05) is 6.54 Å². The number of fused-ring (bicyclic) bond motifs is 1. The maximum Gasteiger partial charge on any atom is 0.127 e. The molecule has 2 aromatic carbocycles. The Bertz CT molecular complexity index is 731. The third-order valence-electron chi connectivity index (χ3n) is 3.86. The molecule has 108 valence electrons. The number of alkyl halides is 1. The molecule has 0 saturated heterocycles. The number of aromatic nitrogens is 2. The van der Waals surface area contributed by atoms with Crippen LogP contribution in [-0.4, -0.2) is 9.55 Å². The van der Waals surface area contributed by atoms with Gasteiger partial charge in [-0.15, -0.1) is 11.6 Å². The van der Waals surface area contributed by atoms with Crippen molar-refractivity contribution < 1.29 is 0 Å². The highest BCUT2D eigenvalue weighted by Crippen LogP contribution is 2.27. The van der Waals surface area contributed by atoms with E-state index in [1.165, 1.54) is 5.56 Å². The zero-order valence-corrected chi connectivity index (χ0v) is 13.1. The molecule has 0 spiro atoms. The minimum absolute atomic E-state index is 0.0969. The normalized spacial score (nSPS) is 14.2. The fourth-order valence-corrected chi connectivity index (χ4v) is 2.92. The van der Waals surface area contributed by atoms with Crippen molar-refractivity contribution in [3.8, 4) is 0 Å². The van der Waals surface area contributed by atoms with Crippen LogP contribution in [-0.2, 0) is 6.54 Å². The van der Waals surface area contributed by atoms with Crippen LogP contribution in [0.3, 0.4) is 0 Å². The first-order valence-electron chi connectivity index (χ1n) is 7.31. The van der Waals surface area contributed by atoms with Gasteiger partial charge in [-0.2, -0.15) is 0 Å². The monoisotopic (exact) mass is 298 g/mol. The molecule has 0 aliphatic rings. The summed E-state index contributed by atoms with van der Waals surface area (Å²) in [6.07, 6.45) is 0. The van der Waals surface area contributed by atoms with Crippen molar-refractivity contribution in [1.82, 2.24) is 9.55 Å². The topological polar surface area (TPSA) is 17.8 Å². The summed E-state index contributed by atoms with van der Waals surface area (Å²) in [6.45, 7) is 5.11. The molecular formula is C18H19ClN2. The van der Waals surface area contributed by atoms with Crippen LogP contribution in [0.5, 0.6) is 0 Å². The van der Waals surface area contributed by atoms with Crippen LogP contribution in [0.25, 0.3) is 11.0 Å². The summed E-state index contributed by atoms with van der Waals surface area (Å²) in [6, 6.07) is 18.8. The van der Waals surface area contributed by atoms with E-state index < -0.39 is 0 Å². The predicted octanol–water partition coefficient (Wildman–Crippen LogP) is 5.14. The van der Waals surface area contributed by atoms with Crippen LogP contribution in [0.2, 0.25) is 0 Å². The minimum atomic E-state index is -0.0969. The van der Waals surface area contributed by atoms with Crippen molar-refractivity contribution in [1.29, 1.82) is 0 Å². The number of rotatable bonds is 4. The Morgan fingerprint density at radius 1 is 1.00 bits per heavy atom. The van der Waals surface area contributed by atoms with Crippen LogP contribution >= 0.6 is 11.6 Å². The fourth-order valence-electron chi connectivity index (χ4n) is 2.75. The van der Waals surface area contributed by atoms with Gasteiger partial charge in [0.1, 0.15) is 5.82 Å². The molecule has 3 heteroatoms. The Hall–Kier alpha value is -1.80. The molecule has 2 unspecified atom stereocenters. The van der Waals surface area contributed by atoms with Crippen molar-refractivity contribution in [2.24, 2.45) is 0 Å². The lowest BCUT2D eigenvalue weighted by atomic mass is 10.0. The molecule has 0 saturated carbocycles. The summed E-state index contributed by atoms with van der Waals surface area (Å²) >= 11 is 6.33. The number of benzene rings is 2. The van der Waals surface area contributed by atoms with Crippen LogP contribution in [0, 0.1) is 0 Å². The Morgan fingerprint density at radius 3 is 2.38 bits per heavy atom. The van der Waals surface area contributed by atoms with Crippen molar-refractivity contribution in [2.45, 2.75) is 31.7 Å². The number of imidazole rings is 1. The lowest BCUT2D eigenvalue weighted by Gasteiger charge is -2.16. The van der Waals surface area contributed by atoms with E-state index in [2.05, 4.69) is 58.9 Å². The van der Waals surface area contributed by atoms with Crippen molar-refractivity contribution in [2.75, 3.05) is 0 Å². The number of hydrogen-bond acceptors (Lipinski definition) is 1. The number of para-hydroxylation sites is 2. The SMILES string of the molecule is CC(Cl)c1nc2ccccc2n1CC(C)c1ccccc1. The molecule has 0 amide bonds. The summed E-state index contributed by atoms with van der Waals surface area (Å²) in [4.78, 5) is 4.69. The Labute approximate surface area is 130 Å². The van der Waals surface area contributed by atoms with Gasteiger partial charge in [0.05, 0.1) is 16.4 Å². The van der Waals surface area contributed by atoms with E-state index in [4.69, 9.17) is 11.6 Å². The van der Waals surface area contributed by atoms with Gasteiger partial charge in [0.25, 0.3) is 0 Å². The summed E-state index contributed by atoms with van der Waals surface area (Å²) in [5.74, 6) is 1.36. The average molecular weight is 299 g/mol. The zero-order valence-electron chi connectivity index (χ0n) is 12.3. The maximum atomic E-state index is 6.33. The van der Waals surface area contributed by atoms with E-state index >= 15 is 0 Å². The number of hydrogen-bond donors (Lipinski definition) is 0. The summed E-state index contributed by atoms with van der Waals surface area (Å²) < 4.78 is 2.25. The Kier molecular flexibility index (Phi) is 3.98. The summed E-state index contributed by atoms with van der Waals surface area (Å²) in [5.41, 5.74) is 3.51. The van der Waals surface area contributed by atoms with Gasteiger partial charge in [-0.1, -0.05) is 49.4 Å². The molecule has 21 heavy (non-hydrogen) atoms. The van der Waals surface area contributed by atoms with Crippen LogP contribution in [0.1, 0.15) is 36.5 Å². The van der Waals surface area contributed by atoms with E-state index in [1.54, 1.807) is 0 Å². The van der Waals surface area contributed by atoms with Crippen LogP contribution < -0.4 is 0 Å². The Morgan fingerprint density at radius 2 is 1.67 bits per heavy atom. The minimum Gasteiger partial charge on any atom is -0.326 e. The highest BCUT2D eigenvalue weighted by Gasteiger charge is 2.17. The molecule has 1 heterocycles. The second kappa shape index (κ2) is 5.90. The molecular weight excluding hydrogens is 280 g/mol. The van der Waals surface area contributed by atoms with Crippen molar-refractivity contribution in [3.05, 3.63) is 66.0 Å². The van der Waals surface area contributed by atoms with Crippen LogP contribution in [0.15, 0.2) is 54.6 Å². The third-order valence-corrected chi connectivity index (χ3v) is 4.06. The highest BCUT2D eigenvalue weighted by molar-refractivity contribution is 6.20. The molecule has 0 aliphatic heterocycles. The van der Waals surface area contributed by atoms with E-state index in [0.29, 0.717) is 5.92 Å². The van der Waals surface area contributed by atoms with Gasteiger partial charge in [-0.25, -0.2) is 4.98 Å². The molecule has 0 radical (unpaired) electrons. The van der Waals surface area contributed by atoms with E-state index in [9.17, 15) is 0 Å². The lowest BCUT2D eigenvalue weighted by Crippen LogP contribution is -2.10. The van der Waals surface area contributed by atoms with Crippen molar-refractivity contribution in [3.63, 3.8) is 0 Å². The average Bonchev–Trinajstić information content (AvgIpc) is 2.87. The molecule has 0 N–H and O–H groups in total. The molecule has 0 aliphatic carbocycles. The second-order valence-corrected chi connectivity index (χ2v) is 6.15. The van der Waals surface area contributed by atoms with Gasteiger partial charge in [-0.3, -0.25) is 0 Å². The summed E-state index contributed by atoms with van der Waals surface area (Å²) in [7, 11) is 0. The smallest absolute Gasteiger partial charge is 0.127 e. The molecule has 2 nitrogen and oxygen atoms in total. The Balaban J connectivity index is 2.01. The van der Waals surface area contributed by atoms with Crippen molar-refractivity contribution >= 4 is 22.6 Å². The zero-order chi connectivity index (χ0) is 14.8. The van der Waals surface area contributed by atoms with E-state index in [1.807, 2.05) is 19.1 Å². The van der Waals surface area contributed by atoms with Gasteiger partial charge in [0.15, 0.2) is 0 Å². The van der Waals surface area contributed by atoms with Gasteiger partial charge >= 0.3 is 0 Å². The molecule has 1 aromatic heterocycles. The predicted molar refractivity (Wildman–Crippen MR) is 88.9 cm³/mol. The lowest BCUT2D eigenvalue weighted by molar-refractivity contribution is 0.585. The first-order chi connectivity index (χ1) is 10.2. The molecule has 3 rings (SSSR count). The maximum absolute atomic E-state index is 6.33. The van der Waals surface area contributed by atoms with Gasteiger partial charge in [-0.05, 0) is 30.5 Å². The van der Waals surface area contributed by atoms with Gasteiger partial charge < -0.3 is 4.57 Å². The highest BCUT2D eigenvalue weighted by atomic mass is 35.5. The fraction of sp³-hybridized carbons (Fsp3) is 0.278. The molecule has 0 bridgehead atoms. The first kappa shape index (κ1) is 14.2. The van der Waals surface area contributed by atoms with E-state index in [0.717, 1.165) is 23.4 Å². The van der Waals surface area contributed by atoms with E-state index in [-0.39, 0.29) is 5.38 Å². The largest absolute Gasteiger partial charge is 0.326 e. The quantitative estimate of drug-likeness (QED) is 0.610. The molecule has 3 aromatic rings. The molecule has 2 atom stereocenters. The summed E-state index contributed by atoms with van der Waals surface area (Å²) in [5, 5.41) is -0.0969. The third kappa shape index (κ3) is 2.81. The van der Waals surface area contributed by atoms with Crippen LogP contribution in [0.4, 0.5) is 0 Å². The molecule has 0 fully saturated rings. The standard InChI is InChI=1S/C18H19ClN2/c1-13(15-8-4-3-5-9-15)12-21-17-11-7-6-10-16(17)20-18(21)14(2)19/h3-11,13-14H,12H2,1-2H3. The van der Waals surface area contributed by atoms with Gasteiger partial charge in [0.2, 0.25) is 0 Å². The number of halogens is 1. The first-order valence-corrected chi connectivity index (χ1v) is 7.74. The number of nitrogens with zero attached hydrogens (tertiary/aromatic N) is 2.